The molecule has 0 aliphatic carbocycles. The van der Waals surface area contributed by atoms with E-state index < -0.39 is 24.3 Å². The quantitative estimate of drug-likeness (QED) is 0.726. The van der Waals surface area contributed by atoms with E-state index in [0.29, 0.717) is 0 Å². The zero-order valence-corrected chi connectivity index (χ0v) is 11.5. The van der Waals surface area contributed by atoms with Crippen molar-refractivity contribution in [1.29, 1.82) is 0 Å². The second kappa shape index (κ2) is 7.26. The topological polar surface area (TPSA) is 40.5 Å². The molecule has 0 radical (unpaired) electrons. The van der Waals surface area contributed by atoms with Crippen molar-refractivity contribution in [3.63, 3.8) is 0 Å². The lowest BCUT2D eigenvalue weighted by molar-refractivity contribution is -0.137. The van der Waals surface area contributed by atoms with Gasteiger partial charge in [0.25, 0.3) is 0 Å². The number of hydrogen-bond donors (Lipinski definition) is 2. The minimum absolute atomic E-state index is 0.0926. The van der Waals surface area contributed by atoms with E-state index in [9.17, 15) is 26.3 Å². The van der Waals surface area contributed by atoms with E-state index in [4.69, 9.17) is 10.2 Å². The van der Waals surface area contributed by atoms with Gasteiger partial charge in [-0.15, -0.1) is 0 Å². The van der Waals surface area contributed by atoms with Crippen LogP contribution >= 0.6 is 0 Å². The second-order valence-corrected chi connectivity index (χ2v) is 4.47. The molecule has 0 heterocycles. The zero-order chi connectivity index (χ0) is 17.7. The van der Waals surface area contributed by atoms with Crippen molar-refractivity contribution in [2.75, 3.05) is 0 Å². The SMILES string of the molecule is Oc1ccc(C(F)(F)F)cc1.Oc1ccccc1CC(F)(F)F. The summed E-state index contributed by atoms with van der Waals surface area (Å²) in [4.78, 5) is 0. The largest absolute Gasteiger partial charge is 0.508 e. The molecule has 0 saturated carbocycles. The van der Waals surface area contributed by atoms with Crippen LogP contribution < -0.4 is 0 Å². The van der Waals surface area contributed by atoms with Crippen molar-refractivity contribution < 1.29 is 36.6 Å². The molecular weight excluding hydrogens is 326 g/mol. The van der Waals surface area contributed by atoms with Crippen LogP contribution in [0.3, 0.4) is 0 Å². The highest BCUT2D eigenvalue weighted by Gasteiger charge is 2.30. The molecule has 0 aromatic heterocycles. The molecule has 8 heteroatoms. The van der Waals surface area contributed by atoms with Crippen molar-refractivity contribution in [2.45, 2.75) is 18.8 Å². The van der Waals surface area contributed by atoms with Crippen LogP contribution in [0.2, 0.25) is 0 Å². The summed E-state index contributed by atoms with van der Waals surface area (Å²) < 4.78 is 70.9. The highest BCUT2D eigenvalue weighted by molar-refractivity contribution is 5.32. The first-order valence-corrected chi connectivity index (χ1v) is 6.19. The van der Waals surface area contributed by atoms with Gasteiger partial charge in [-0.1, -0.05) is 18.2 Å². The summed E-state index contributed by atoms with van der Waals surface area (Å²) in [5.41, 5.74) is -0.847. The van der Waals surface area contributed by atoms with Gasteiger partial charge in [-0.05, 0) is 30.3 Å². The minimum atomic E-state index is -4.33. The maximum Gasteiger partial charge on any atom is 0.416 e. The molecule has 0 amide bonds. The number of para-hydroxylation sites is 1. The molecule has 23 heavy (non-hydrogen) atoms. The minimum Gasteiger partial charge on any atom is -0.508 e. The third-order valence-electron chi connectivity index (χ3n) is 2.58. The fourth-order valence-electron chi connectivity index (χ4n) is 1.53. The smallest absolute Gasteiger partial charge is 0.416 e. The van der Waals surface area contributed by atoms with Gasteiger partial charge in [0.05, 0.1) is 12.0 Å². The first-order chi connectivity index (χ1) is 10.5. The van der Waals surface area contributed by atoms with Crippen LogP contribution in [0.15, 0.2) is 48.5 Å². The summed E-state index contributed by atoms with van der Waals surface area (Å²) in [6.07, 6.45) is -9.67. The Morgan fingerprint density at radius 3 is 1.70 bits per heavy atom. The number of phenolic OH excluding ortho intramolecular Hbond substituents is 2. The van der Waals surface area contributed by atoms with Crippen LogP contribution in [-0.2, 0) is 12.6 Å². The van der Waals surface area contributed by atoms with Crippen LogP contribution in [0.1, 0.15) is 11.1 Å². The normalized spacial score (nSPS) is 11.6. The average Bonchev–Trinajstić information content (AvgIpc) is 2.40. The lowest BCUT2D eigenvalue weighted by Crippen LogP contribution is -2.11. The van der Waals surface area contributed by atoms with Gasteiger partial charge in [0.2, 0.25) is 0 Å². The Kier molecular flexibility index (Phi) is 5.89. The summed E-state index contributed by atoms with van der Waals surface area (Å²) in [6.45, 7) is 0. The third kappa shape index (κ3) is 6.94. The van der Waals surface area contributed by atoms with Gasteiger partial charge >= 0.3 is 12.4 Å². The average molecular weight is 338 g/mol. The molecule has 2 rings (SSSR count). The van der Waals surface area contributed by atoms with E-state index in [2.05, 4.69) is 0 Å². The van der Waals surface area contributed by atoms with Crippen molar-refractivity contribution in [3.05, 3.63) is 59.7 Å². The zero-order valence-electron chi connectivity index (χ0n) is 11.5. The Hall–Kier alpha value is -2.38. The van der Waals surface area contributed by atoms with E-state index >= 15 is 0 Å². The van der Waals surface area contributed by atoms with Crippen LogP contribution in [0, 0.1) is 0 Å². The first-order valence-electron chi connectivity index (χ1n) is 6.19. The Balaban J connectivity index is 0.000000231. The number of benzene rings is 2. The van der Waals surface area contributed by atoms with E-state index in [-0.39, 0.29) is 17.1 Å². The number of halogens is 6. The molecule has 0 fully saturated rings. The molecule has 2 nitrogen and oxygen atoms in total. The summed E-state index contributed by atoms with van der Waals surface area (Å²) in [6, 6.07) is 9.09. The number of phenols is 2. The lowest BCUT2D eigenvalue weighted by atomic mass is 10.1. The third-order valence-corrected chi connectivity index (χ3v) is 2.58. The van der Waals surface area contributed by atoms with Crippen LogP contribution in [0.25, 0.3) is 0 Å². The summed E-state index contributed by atoms with van der Waals surface area (Å²) >= 11 is 0. The summed E-state index contributed by atoms with van der Waals surface area (Å²) in [7, 11) is 0. The Morgan fingerprint density at radius 1 is 0.739 bits per heavy atom. The van der Waals surface area contributed by atoms with Crippen LogP contribution in [0.4, 0.5) is 26.3 Å². The second-order valence-electron chi connectivity index (χ2n) is 4.47. The van der Waals surface area contributed by atoms with E-state index in [1.54, 1.807) is 0 Å². The molecule has 126 valence electrons. The molecule has 0 saturated heterocycles. The molecule has 2 N–H and O–H groups in total. The van der Waals surface area contributed by atoms with Crippen molar-refractivity contribution >= 4 is 0 Å². The molecule has 2 aromatic rings. The molecule has 0 spiro atoms. The molecule has 2 aromatic carbocycles. The predicted molar refractivity (Wildman–Crippen MR) is 71.0 cm³/mol. The highest BCUT2D eigenvalue weighted by atomic mass is 19.4. The van der Waals surface area contributed by atoms with Crippen molar-refractivity contribution in [2.24, 2.45) is 0 Å². The Labute approximate surface area is 127 Å². The van der Waals surface area contributed by atoms with Crippen LogP contribution in [0.5, 0.6) is 11.5 Å². The van der Waals surface area contributed by atoms with E-state index in [1.165, 1.54) is 24.3 Å². The highest BCUT2D eigenvalue weighted by Crippen LogP contribution is 2.29. The van der Waals surface area contributed by atoms with Gasteiger partial charge in [-0.2, -0.15) is 26.3 Å². The van der Waals surface area contributed by atoms with Gasteiger partial charge in [0.1, 0.15) is 11.5 Å². The monoisotopic (exact) mass is 338 g/mol. The lowest BCUT2D eigenvalue weighted by Gasteiger charge is -2.06. The summed E-state index contributed by atoms with van der Waals surface area (Å²) in [5, 5.41) is 17.6. The Bertz CT molecular complexity index is 617. The van der Waals surface area contributed by atoms with Gasteiger partial charge in [-0.3, -0.25) is 0 Å². The maximum absolute atomic E-state index is 11.8. The maximum atomic E-state index is 11.8. The standard InChI is InChI=1S/C8H7F3O.C7H5F3O/c9-8(10,11)5-6-3-1-2-4-7(6)12;8-7(9,10)5-1-3-6(11)4-2-5/h1-4,12H,5H2;1-4,11H. The first kappa shape index (κ1) is 18.7. The number of hydrogen-bond acceptors (Lipinski definition) is 2. The molecule has 0 bridgehead atoms. The van der Waals surface area contributed by atoms with Crippen molar-refractivity contribution in [3.8, 4) is 11.5 Å². The fraction of sp³-hybridized carbons (Fsp3) is 0.200. The molecular formula is C15H12F6O2. The Morgan fingerprint density at radius 2 is 1.26 bits per heavy atom. The fourth-order valence-corrected chi connectivity index (χ4v) is 1.53. The number of alkyl halides is 6. The van der Waals surface area contributed by atoms with Gasteiger partial charge in [-0.25, -0.2) is 0 Å². The molecule has 0 unspecified atom stereocenters. The van der Waals surface area contributed by atoms with Crippen LogP contribution in [-0.4, -0.2) is 16.4 Å². The van der Waals surface area contributed by atoms with E-state index in [1.807, 2.05) is 0 Å². The van der Waals surface area contributed by atoms with Gasteiger partial charge in [0, 0.05) is 5.56 Å². The van der Waals surface area contributed by atoms with Gasteiger partial charge < -0.3 is 10.2 Å². The molecule has 0 aliphatic rings. The molecule has 0 atom stereocenters. The number of rotatable bonds is 1. The van der Waals surface area contributed by atoms with Gasteiger partial charge in [0.15, 0.2) is 0 Å². The number of aromatic hydroxyl groups is 2. The molecule has 0 aliphatic heterocycles. The predicted octanol–water partition coefficient (Wildman–Crippen LogP) is 4.91. The summed E-state index contributed by atoms with van der Waals surface area (Å²) in [5.74, 6) is -0.479. The van der Waals surface area contributed by atoms with E-state index in [0.717, 1.165) is 24.3 Å². The van der Waals surface area contributed by atoms with Crippen molar-refractivity contribution in [1.82, 2.24) is 0 Å².